The molecule has 0 aliphatic rings. The Morgan fingerprint density at radius 1 is 0.944 bits per heavy atom. The first-order chi connectivity index (χ1) is 8.58. The summed E-state index contributed by atoms with van der Waals surface area (Å²) in [4.78, 5) is 0. The quantitative estimate of drug-likeness (QED) is 0.874. The molecule has 0 aromatic heterocycles. The van der Waals surface area contributed by atoms with Crippen LogP contribution in [-0.2, 0) is 6.54 Å². The van der Waals surface area contributed by atoms with Crippen LogP contribution in [0.3, 0.4) is 0 Å². The van der Waals surface area contributed by atoms with Crippen LogP contribution >= 0.6 is 11.6 Å². The van der Waals surface area contributed by atoms with Crippen molar-refractivity contribution in [3.05, 3.63) is 64.4 Å². The third-order valence-electron chi connectivity index (χ3n) is 2.45. The van der Waals surface area contributed by atoms with Crippen molar-refractivity contribution in [1.82, 2.24) is 0 Å². The number of hydrogen-bond donors (Lipinski definition) is 1. The second-order valence-electron chi connectivity index (χ2n) is 3.68. The van der Waals surface area contributed by atoms with E-state index in [1.54, 1.807) is 0 Å². The summed E-state index contributed by atoms with van der Waals surface area (Å²) in [7, 11) is 0. The van der Waals surface area contributed by atoms with Crippen LogP contribution in [0.15, 0.2) is 36.4 Å². The van der Waals surface area contributed by atoms with Crippen LogP contribution < -0.4 is 5.32 Å². The first-order valence-corrected chi connectivity index (χ1v) is 5.57. The van der Waals surface area contributed by atoms with E-state index >= 15 is 0 Å². The highest BCUT2D eigenvalue weighted by Gasteiger charge is 2.09. The summed E-state index contributed by atoms with van der Waals surface area (Å²) in [5.41, 5.74) is -0.0398. The second-order valence-corrected chi connectivity index (χ2v) is 4.11. The fourth-order valence-electron chi connectivity index (χ4n) is 1.52. The predicted octanol–water partition coefficient (Wildman–Crippen LogP) is 4.37. The highest BCUT2D eigenvalue weighted by Crippen LogP contribution is 2.21. The van der Waals surface area contributed by atoms with Gasteiger partial charge in [-0.15, -0.1) is 0 Å². The van der Waals surface area contributed by atoms with Gasteiger partial charge in [0.25, 0.3) is 0 Å². The Balaban J connectivity index is 2.19. The Kier molecular flexibility index (Phi) is 3.77. The Morgan fingerprint density at radius 2 is 1.61 bits per heavy atom. The monoisotopic (exact) mass is 271 g/mol. The number of hydrogen-bond acceptors (Lipinski definition) is 1. The fourth-order valence-corrected chi connectivity index (χ4v) is 1.69. The molecule has 0 atom stereocenters. The summed E-state index contributed by atoms with van der Waals surface area (Å²) in [6, 6.07) is 7.50. The van der Waals surface area contributed by atoms with Crippen LogP contribution in [0.5, 0.6) is 0 Å². The van der Waals surface area contributed by atoms with E-state index in [4.69, 9.17) is 11.6 Å². The van der Waals surface area contributed by atoms with E-state index in [0.29, 0.717) is 5.02 Å². The van der Waals surface area contributed by atoms with E-state index < -0.39 is 17.5 Å². The Morgan fingerprint density at radius 3 is 2.28 bits per heavy atom. The lowest BCUT2D eigenvalue weighted by atomic mass is 10.2. The second kappa shape index (κ2) is 5.31. The Labute approximate surface area is 107 Å². The van der Waals surface area contributed by atoms with Gasteiger partial charge in [0.2, 0.25) is 0 Å². The van der Waals surface area contributed by atoms with E-state index in [-0.39, 0.29) is 17.8 Å². The van der Waals surface area contributed by atoms with Crippen molar-refractivity contribution in [2.45, 2.75) is 6.54 Å². The number of halogens is 4. The van der Waals surface area contributed by atoms with Crippen LogP contribution in [0.4, 0.5) is 18.9 Å². The lowest BCUT2D eigenvalue weighted by Gasteiger charge is -2.09. The van der Waals surface area contributed by atoms with Gasteiger partial charge in [-0.05, 0) is 30.3 Å². The molecule has 0 radical (unpaired) electrons. The van der Waals surface area contributed by atoms with Gasteiger partial charge in [0.15, 0.2) is 0 Å². The van der Waals surface area contributed by atoms with Gasteiger partial charge in [0.1, 0.15) is 17.5 Å². The third kappa shape index (κ3) is 2.76. The summed E-state index contributed by atoms with van der Waals surface area (Å²) in [5, 5.41) is 2.95. The van der Waals surface area contributed by atoms with Crippen molar-refractivity contribution in [3.8, 4) is 0 Å². The molecule has 0 aliphatic carbocycles. The van der Waals surface area contributed by atoms with Crippen molar-refractivity contribution in [1.29, 1.82) is 0 Å². The standard InChI is InChI=1S/C13H9ClF3N/c14-8-4-5-12(17)13(6-8)18-7-9-10(15)2-1-3-11(9)16/h1-6,18H,7H2. The largest absolute Gasteiger partial charge is 0.378 e. The predicted molar refractivity (Wildman–Crippen MR) is 65.1 cm³/mol. The third-order valence-corrected chi connectivity index (χ3v) is 2.68. The number of benzene rings is 2. The maximum absolute atomic E-state index is 13.4. The topological polar surface area (TPSA) is 12.0 Å². The van der Waals surface area contributed by atoms with E-state index in [9.17, 15) is 13.2 Å². The normalized spacial score (nSPS) is 10.4. The van der Waals surface area contributed by atoms with Gasteiger partial charge in [-0.2, -0.15) is 0 Å². The molecule has 2 aromatic carbocycles. The highest BCUT2D eigenvalue weighted by atomic mass is 35.5. The van der Waals surface area contributed by atoms with Gasteiger partial charge in [0.05, 0.1) is 5.69 Å². The molecule has 5 heteroatoms. The van der Waals surface area contributed by atoms with Gasteiger partial charge < -0.3 is 5.32 Å². The van der Waals surface area contributed by atoms with Crippen molar-refractivity contribution in [2.24, 2.45) is 0 Å². The summed E-state index contributed by atoms with van der Waals surface area (Å²) >= 11 is 5.71. The summed E-state index contributed by atoms with van der Waals surface area (Å²) in [5.74, 6) is -1.88. The zero-order chi connectivity index (χ0) is 13.1. The van der Waals surface area contributed by atoms with E-state index in [1.807, 2.05) is 0 Å². The van der Waals surface area contributed by atoms with E-state index in [0.717, 1.165) is 12.1 Å². The van der Waals surface area contributed by atoms with Crippen LogP contribution in [0.25, 0.3) is 0 Å². The van der Waals surface area contributed by atoms with Gasteiger partial charge in [-0.1, -0.05) is 17.7 Å². The number of nitrogens with one attached hydrogen (secondary N) is 1. The summed E-state index contributed by atoms with van der Waals surface area (Å²) < 4.78 is 40.0. The maximum Gasteiger partial charge on any atom is 0.146 e. The molecule has 0 amide bonds. The summed E-state index contributed by atoms with van der Waals surface area (Å²) in [6.45, 7) is -0.157. The first-order valence-electron chi connectivity index (χ1n) is 5.20. The summed E-state index contributed by atoms with van der Waals surface area (Å²) in [6.07, 6.45) is 0. The van der Waals surface area contributed by atoms with Crippen molar-refractivity contribution in [3.63, 3.8) is 0 Å². The molecule has 0 saturated carbocycles. The van der Waals surface area contributed by atoms with Crippen molar-refractivity contribution < 1.29 is 13.2 Å². The van der Waals surface area contributed by atoms with E-state index in [2.05, 4.69) is 5.32 Å². The SMILES string of the molecule is Fc1ccc(Cl)cc1NCc1c(F)cccc1F. The van der Waals surface area contributed by atoms with Crippen molar-refractivity contribution >= 4 is 17.3 Å². The minimum absolute atomic E-state index is 0.102. The van der Waals surface area contributed by atoms with Gasteiger partial charge >= 0.3 is 0 Å². The molecule has 18 heavy (non-hydrogen) atoms. The Hall–Kier alpha value is -1.68. The molecule has 1 nitrogen and oxygen atoms in total. The molecule has 2 rings (SSSR count). The molecule has 0 heterocycles. The van der Waals surface area contributed by atoms with Crippen molar-refractivity contribution in [2.75, 3.05) is 5.32 Å². The zero-order valence-electron chi connectivity index (χ0n) is 9.18. The maximum atomic E-state index is 13.4. The molecule has 2 aromatic rings. The molecule has 0 spiro atoms. The smallest absolute Gasteiger partial charge is 0.146 e. The van der Waals surface area contributed by atoms with Gasteiger partial charge in [0, 0.05) is 17.1 Å². The molecule has 0 saturated heterocycles. The molecular weight excluding hydrogens is 263 g/mol. The Bertz CT molecular complexity index is 552. The van der Waals surface area contributed by atoms with E-state index in [1.165, 1.54) is 24.3 Å². The molecular formula is C13H9ClF3N. The first kappa shape index (κ1) is 12.8. The lowest BCUT2D eigenvalue weighted by Crippen LogP contribution is -2.05. The highest BCUT2D eigenvalue weighted by molar-refractivity contribution is 6.30. The number of rotatable bonds is 3. The average Bonchev–Trinajstić information content (AvgIpc) is 2.33. The molecule has 1 N–H and O–H groups in total. The minimum atomic E-state index is -0.676. The lowest BCUT2D eigenvalue weighted by molar-refractivity contribution is 0.559. The van der Waals surface area contributed by atoms with Gasteiger partial charge in [-0.3, -0.25) is 0 Å². The average molecular weight is 272 g/mol. The van der Waals surface area contributed by atoms with Gasteiger partial charge in [-0.25, -0.2) is 13.2 Å². The molecule has 0 bridgehead atoms. The fraction of sp³-hybridized carbons (Fsp3) is 0.0769. The molecule has 94 valence electrons. The minimum Gasteiger partial charge on any atom is -0.378 e. The molecule has 0 aliphatic heterocycles. The molecule has 0 unspecified atom stereocenters. The van der Waals surface area contributed by atoms with Crippen LogP contribution in [0.2, 0.25) is 5.02 Å². The van der Waals surface area contributed by atoms with Crippen LogP contribution in [-0.4, -0.2) is 0 Å². The van der Waals surface area contributed by atoms with Crippen LogP contribution in [0, 0.1) is 17.5 Å². The molecule has 0 fully saturated rings. The number of anilines is 1. The zero-order valence-corrected chi connectivity index (χ0v) is 9.94. The van der Waals surface area contributed by atoms with Crippen LogP contribution in [0.1, 0.15) is 5.56 Å².